The molecule has 1 atom stereocenters. The predicted octanol–water partition coefficient (Wildman–Crippen LogP) is 2.89. The lowest BCUT2D eigenvalue weighted by Gasteiger charge is -2.37. The average Bonchev–Trinajstić information content (AvgIpc) is 2.71. The number of piperidine rings is 1. The van der Waals surface area contributed by atoms with E-state index in [1.165, 1.54) is 0 Å². The number of morpholine rings is 1. The van der Waals surface area contributed by atoms with E-state index in [4.69, 9.17) is 27.9 Å². The number of hydrogen-bond acceptors (Lipinski definition) is 4. The van der Waals surface area contributed by atoms with E-state index in [-0.39, 0.29) is 23.8 Å². The molecule has 3 rings (SSSR count). The van der Waals surface area contributed by atoms with E-state index < -0.39 is 0 Å². The lowest BCUT2D eigenvalue weighted by Crippen LogP contribution is -2.50. The zero-order valence-corrected chi connectivity index (χ0v) is 16.9. The number of hydrogen-bond donors (Lipinski definition) is 1. The van der Waals surface area contributed by atoms with Gasteiger partial charge in [0.05, 0.1) is 35.0 Å². The van der Waals surface area contributed by atoms with E-state index in [9.17, 15) is 9.59 Å². The van der Waals surface area contributed by atoms with Crippen LogP contribution in [-0.2, 0) is 14.3 Å². The molecule has 1 N–H and O–H groups in total. The van der Waals surface area contributed by atoms with Crippen LogP contribution in [0.4, 0.5) is 5.69 Å². The summed E-state index contributed by atoms with van der Waals surface area (Å²) in [6.07, 6.45) is 1.54. The Kier molecular flexibility index (Phi) is 6.98. The molecule has 0 bridgehead atoms. The molecule has 0 aliphatic carbocycles. The van der Waals surface area contributed by atoms with E-state index in [2.05, 4.69) is 10.2 Å². The van der Waals surface area contributed by atoms with Crippen molar-refractivity contribution in [3.63, 3.8) is 0 Å². The van der Waals surface area contributed by atoms with Crippen LogP contribution in [0.25, 0.3) is 0 Å². The maximum atomic E-state index is 12.6. The summed E-state index contributed by atoms with van der Waals surface area (Å²) >= 11 is 12.1. The molecule has 0 saturated carbocycles. The molecule has 2 aliphatic heterocycles. The fourth-order valence-corrected chi connectivity index (χ4v) is 3.93. The van der Waals surface area contributed by atoms with Crippen molar-refractivity contribution >= 4 is 40.7 Å². The highest BCUT2D eigenvalue weighted by molar-refractivity contribution is 6.44. The van der Waals surface area contributed by atoms with E-state index in [1.54, 1.807) is 18.2 Å². The fourth-order valence-electron chi connectivity index (χ4n) is 3.58. The molecule has 6 nitrogen and oxygen atoms in total. The molecule has 2 amide bonds. The number of nitrogens with one attached hydrogen (secondary N) is 1. The molecule has 148 valence electrons. The van der Waals surface area contributed by atoms with Crippen molar-refractivity contribution < 1.29 is 14.3 Å². The second-order valence-corrected chi connectivity index (χ2v) is 7.80. The van der Waals surface area contributed by atoms with Crippen molar-refractivity contribution in [1.82, 2.24) is 9.80 Å². The Morgan fingerprint density at radius 2 is 1.81 bits per heavy atom. The number of amides is 2. The Hall–Kier alpha value is -1.34. The largest absolute Gasteiger partial charge is 0.378 e. The molecule has 1 aromatic rings. The number of rotatable bonds is 4. The van der Waals surface area contributed by atoms with Crippen LogP contribution in [-0.4, -0.2) is 67.0 Å². The van der Waals surface area contributed by atoms with Gasteiger partial charge in [-0.15, -0.1) is 0 Å². The Labute approximate surface area is 169 Å². The van der Waals surface area contributed by atoms with Gasteiger partial charge in [-0.2, -0.15) is 0 Å². The third kappa shape index (κ3) is 4.93. The Morgan fingerprint density at radius 1 is 1.15 bits per heavy atom. The van der Waals surface area contributed by atoms with Gasteiger partial charge in [-0.1, -0.05) is 29.3 Å². The molecule has 0 aromatic heterocycles. The number of anilines is 1. The van der Waals surface area contributed by atoms with Crippen LogP contribution < -0.4 is 5.32 Å². The quantitative estimate of drug-likeness (QED) is 0.823. The van der Waals surface area contributed by atoms with Crippen LogP contribution >= 0.6 is 23.2 Å². The van der Waals surface area contributed by atoms with Crippen molar-refractivity contribution in [2.45, 2.75) is 25.8 Å². The minimum Gasteiger partial charge on any atom is -0.378 e. The molecule has 2 aliphatic rings. The number of halogens is 2. The number of likely N-dealkylation sites (tertiary alicyclic amines) is 1. The van der Waals surface area contributed by atoms with Gasteiger partial charge in [-0.25, -0.2) is 0 Å². The van der Waals surface area contributed by atoms with Crippen molar-refractivity contribution in [3.05, 3.63) is 28.2 Å². The first-order valence-electron chi connectivity index (χ1n) is 9.33. The summed E-state index contributed by atoms with van der Waals surface area (Å²) in [5.41, 5.74) is 0.512. The van der Waals surface area contributed by atoms with Crippen LogP contribution in [0.5, 0.6) is 0 Å². The number of nitrogens with zero attached hydrogens (tertiary/aromatic N) is 2. The number of carbonyl (C=O) groups is 2. The summed E-state index contributed by atoms with van der Waals surface area (Å²) in [5.74, 6) is 0.134. The van der Waals surface area contributed by atoms with Crippen LogP contribution in [0, 0.1) is 5.92 Å². The zero-order valence-electron chi connectivity index (χ0n) is 15.4. The third-order valence-electron chi connectivity index (χ3n) is 5.34. The number of carbonyl (C=O) groups excluding carboxylic acids is 2. The predicted molar refractivity (Wildman–Crippen MR) is 106 cm³/mol. The molecular weight excluding hydrogens is 389 g/mol. The molecule has 27 heavy (non-hydrogen) atoms. The minimum atomic E-state index is -0.306. The van der Waals surface area contributed by atoms with E-state index in [0.717, 1.165) is 25.9 Å². The zero-order chi connectivity index (χ0) is 19.4. The summed E-state index contributed by atoms with van der Waals surface area (Å²) in [7, 11) is 0. The average molecular weight is 414 g/mol. The first-order chi connectivity index (χ1) is 13.0. The van der Waals surface area contributed by atoms with Crippen LogP contribution in [0.15, 0.2) is 18.2 Å². The maximum Gasteiger partial charge on any atom is 0.241 e. The van der Waals surface area contributed by atoms with Crippen molar-refractivity contribution in [1.29, 1.82) is 0 Å². The molecule has 1 aromatic carbocycles. The normalized spacial score (nSPS) is 20.3. The van der Waals surface area contributed by atoms with Crippen LogP contribution in [0.2, 0.25) is 10.0 Å². The molecule has 1 unspecified atom stereocenters. The van der Waals surface area contributed by atoms with Crippen LogP contribution in [0.3, 0.4) is 0 Å². The number of ether oxygens (including phenoxy) is 1. The summed E-state index contributed by atoms with van der Waals surface area (Å²) < 4.78 is 5.31. The lowest BCUT2D eigenvalue weighted by molar-refractivity contribution is -0.141. The summed E-state index contributed by atoms with van der Waals surface area (Å²) in [5, 5.41) is 3.60. The third-order valence-corrected chi connectivity index (χ3v) is 6.16. The van der Waals surface area contributed by atoms with Crippen molar-refractivity contribution in [2.75, 3.05) is 44.7 Å². The molecule has 2 saturated heterocycles. The highest BCUT2D eigenvalue weighted by Gasteiger charge is 2.32. The molecule has 8 heteroatoms. The lowest BCUT2D eigenvalue weighted by atomic mass is 9.94. The van der Waals surface area contributed by atoms with E-state index in [1.807, 2.05) is 11.8 Å². The first kappa shape index (κ1) is 20.4. The van der Waals surface area contributed by atoms with Gasteiger partial charge in [0.25, 0.3) is 0 Å². The topological polar surface area (TPSA) is 61.9 Å². The van der Waals surface area contributed by atoms with Gasteiger partial charge in [-0.3, -0.25) is 14.5 Å². The van der Waals surface area contributed by atoms with Crippen molar-refractivity contribution in [3.8, 4) is 0 Å². The summed E-state index contributed by atoms with van der Waals surface area (Å²) in [6, 6.07) is 4.85. The second kappa shape index (κ2) is 9.24. The van der Waals surface area contributed by atoms with Crippen LogP contribution in [0.1, 0.15) is 19.8 Å². The fraction of sp³-hybridized carbons (Fsp3) is 0.579. The molecular formula is C19H25Cl2N3O3. The molecule has 2 heterocycles. The highest BCUT2D eigenvalue weighted by Crippen LogP contribution is 2.30. The van der Waals surface area contributed by atoms with E-state index >= 15 is 0 Å². The minimum absolute atomic E-state index is 0.0389. The Morgan fingerprint density at radius 3 is 2.48 bits per heavy atom. The number of benzene rings is 1. The second-order valence-electron chi connectivity index (χ2n) is 7.01. The Bertz CT molecular complexity index is 687. The molecule has 0 radical (unpaired) electrons. The van der Waals surface area contributed by atoms with Crippen molar-refractivity contribution in [2.24, 2.45) is 5.92 Å². The van der Waals surface area contributed by atoms with Gasteiger partial charge in [-0.05, 0) is 45.0 Å². The van der Waals surface area contributed by atoms with Gasteiger partial charge in [0.1, 0.15) is 0 Å². The van der Waals surface area contributed by atoms with Gasteiger partial charge in [0.2, 0.25) is 11.8 Å². The van der Waals surface area contributed by atoms with Gasteiger partial charge < -0.3 is 15.0 Å². The molecule has 2 fully saturated rings. The monoisotopic (exact) mass is 413 g/mol. The smallest absolute Gasteiger partial charge is 0.241 e. The molecule has 0 spiro atoms. The Balaban J connectivity index is 1.51. The highest BCUT2D eigenvalue weighted by atomic mass is 35.5. The van der Waals surface area contributed by atoms with Gasteiger partial charge >= 0.3 is 0 Å². The summed E-state index contributed by atoms with van der Waals surface area (Å²) in [6.45, 7) is 5.91. The SMILES string of the molecule is CC(C(=O)Nc1cccc(Cl)c1Cl)N1CCC(C(=O)N2CCOCC2)CC1. The summed E-state index contributed by atoms with van der Waals surface area (Å²) in [4.78, 5) is 29.2. The maximum absolute atomic E-state index is 12.6. The first-order valence-corrected chi connectivity index (χ1v) is 10.1. The van der Waals surface area contributed by atoms with Gasteiger partial charge in [0.15, 0.2) is 0 Å². The van der Waals surface area contributed by atoms with E-state index in [0.29, 0.717) is 42.0 Å². The van der Waals surface area contributed by atoms with Gasteiger partial charge in [0, 0.05) is 19.0 Å². The standard InChI is InChI=1S/C19H25Cl2N3O3/c1-13(18(25)22-16-4-2-3-15(20)17(16)21)23-7-5-14(6-8-23)19(26)24-9-11-27-12-10-24/h2-4,13-14H,5-12H2,1H3,(H,22,25).